The summed E-state index contributed by atoms with van der Waals surface area (Å²) >= 11 is 12.1. The van der Waals surface area contributed by atoms with Gasteiger partial charge in [-0.2, -0.15) is 0 Å². The zero-order chi connectivity index (χ0) is 15.4. The highest BCUT2D eigenvalue weighted by molar-refractivity contribution is 9.13. The van der Waals surface area contributed by atoms with Gasteiger partial charge in [0.25, 0.3) is 0 Å². The van der Waals surface area contributed by atoms with E-state index in [1.54, 1.807) is 11.3 Å². The van der Waals surface area contributed by atoms with Gasteiger partial charge in [0, 0.05) is 15.4 Å². The van der Waals surface area contributed by atoms with Crippen LogP contribution in [0.15, 0.2) is 37.0 Å². The van der Waals surface area contributed by atoms with Crippen molar-refractivity contribution in [3.8, 4) is 0 Å². The van der Waals surface area contributed by atoms with E-state index in [0.29, 0.717) is 4.47 Å². The first-order chi connectivity index (χ1) is 10.0. The third kappa shape index (κ3) is 4.86. The summed E-state index contributed by atoms with van der Waals surface area (Å²) in [5.74, 6) is -0.224. The van der Waals surface area contributed by atoms with Crippen molar-refractivity contribution in [3.63, 3.8) is 0 Å². The van der Waals surface area contributed by atoms with Gasteiger partial charge in [0.1, 0.15) is 5.82 Å². The number of hydrogen-bond acceptors (Lipinski definition) is 2. The number of thiophene rings is 1. The van der Waals surface area contributed by atoms with E-state index in [-0.39, 0.29) is 11.9 Å². The van der Waals surface area contributed by atoms with Crippen molar-refractivity contribution in [2.45, 2.75) is 25.8 Å². The van der Waals surface area contributed by atoms with E-state index in [0.717, 1.165) is 33.2 Å². The summed E-state index contributed by atoms with van der Waals surface area (Å²) in [6.45, 7) is 3.11. The maximum atomic E-state index is 13.3. The standard InChI is InChI=1S/C15H15Br3FNS/c1-2-5-20-13(14-8-11(17)15(18)21-14)7-9-3-4-12(19)10(16)6-9/h3-4,6,8,13,20H,2,5,7H2,1H3. The van der Waals surface area contributed by atoms with Crippen LogP contribution >= 0.6 is 59.1 Å². The fraction of sp³-hybridized carbons (Fsp3) is 0.333. The van der Waals surface area contributed by atoms with Gasteiger partial charge >= 0.3 is 0 Å². The maximum absolute atomic E-state index is 13.3. The lowest BCUT2D eigenvalue weighted by Gasteiger charge is -2.17. The van der Waals surface area contributed by atoms with Crippen LogP contribution < -0.4 is 5.32 Å². The second-order valence-corrected chi connectivity index (χ2v) is 8.84. The van der Waals surface area contributed by atoms with Crippen molar-refractivity contribution >= 4 is 59.1 Å². The van der Waals surface area contributed by atoms with Crippen LogP contribution in [-0.4, -0.2) is 6.54 Å². The minimum atomic E-state index is -0.224. The molecule has 1 heterocycles. The molecule has 1 unspecified atom stereocenters. The first-order valence-corrected chi connectivity index (χ1v) is 9.82. The minimum absolute atomic E-state index is 0.224. The Hall–Kier alpha value is 0.250. The molecule has 2 rings (SSSR count). The Labute approximate surface area is 153 Å². The molecule has 21 heavy (non-hydrogen) atoms. The molecule has 0 radical (unpaired) electrons. The highest BCUT2D eigenvalue weighted by Crippen LogP contribution is 2.36. The predicted molar refractivity (Wildman–Crippen MR) is 98.6 cm³/mol. The third-order valence-corrected chi connectivity index (χ3v) is 7.05. The molecule has 0 saturated carbocycles. The summed E-state index contributed by atoms with van der Waals surface area (Å²) in [6.07, 6.45) is 1.91. The van der Waals surface area contributed by atoms with Gasteiger partial charge < -0.3 is 5.32 Å². The summed E-state index contributed by atoms with van der Waals surface area (Å²) in [5, 5.41) is 3.57. The smallest absolute Gasteiger partial charge is 0.137 e. The van der Waals surface area contributed by atoms with Crippen LogP contribution in [0.3, 0.4) is 0 Å². The fourth-order valence-corrected chi connectivity index (χ4v) is 4.62. The molecule has 114 valence electrons. The average Bonchev–Trinajstić information content (AvgIpc) is 2.78. The van der Waals surface area contributed by atoms with Crippen molar-refractivity contribution in [2.75, 3.05) is 6.54 Å². The van der Waals surface area contributed by atoms with Crippen LogP contribution in [0.25, 0.3) is 0 Å². The molecule has 0 saturated heterocycles. The number of hydrogen-bond donors (Lipinski definition) is 1. The largest absolute Gasteiger partial charge is 0.309 e. The Morgan fingerprint density at radius 3 is 2.52 bits per heavy atom. The molecule has 0 spiro atoms. The molecule has 0 amide bonds. The van der Waals surface area contributed by atoms with Crippen molar-refractivity contribution in [2.24, 2.45) is 0 Å². The highest BCUT2D eigenvalue weighted by Gasteiger charge is 2.16. The Morgan fingerprint density at radius 2 is 1.95 bits per heavy atom. The molecular formula is C15H15Br3FNS. The summed E-state index contributed by atoms with van der Waals surface area (Å²) in [7, 11) is 0. The van der Waals surface area contributed by atoms with E-state index in [1.807, 2.05) is 12.1 Å². The van der Waals surface area contributed by atoms with Crippen LogP contribution in [-0.2, 0) is 6.42 Å². The number of rotatable bonds is 6. The van der Waals surface area contributed by atoms with Crippen LogP contribution in [0.4, 0.5) is 4.39 Å². The predicted octanol–water partition coefficient (Wildman–Crippen LogP) is 6.46. The lowest BCUT2D eigenvalue weighted by atomic mass is 10.0. The molecule has 0 aliphatic rings. The maximum Gasteiger partial charge on any atom is 0.137 e. The highest BCUT2D eigenvalue weighted by atomic mass is 79.9. The van der Waals surface area contributed by atoms with Crippen LogP contribution in [0.1, 0.15) is 29.8 Å². The fourth-order valence-electron chi connectivity index (χ4n) is 2.03. The summed E-state index contributed by atoms with van der Waals surface area (Å²) in [5.41, 5.74) is 1.11. The molecule has 1 N–H and O–H groups in total. The van der Waals surface area contributed by atoms with Gasteiger partial charge in [0.2, 0.25) is 0 Å². The lowest BCUT2D eigenvalue weighted by Crippen LogP contribution is -2.23. The Kier molecular flexibility index (Phi) is 6.87. The Morgan fingerprint density at radius 1 is 1.19 bits per heavy atom. The SMILES string of the molecule is CCCNC(Cc1ccc(F)c(Br)c1)c1cc(Br)c(Br)s1. The monoisotopic (exact) mass is 497 g/mol. The van der Waals surface area contributed by atoms with Gasteiger partial charge in [0.05, 0.1) is 8.26 Å². The molecular weight excluding hydrogens is 485 g/mol. The van der Waals surface area contributed by atoms with E-state index in [2.05, 4.69) is 66.1 Å². The van der Waals surface area contributed by atoms with Crippen molar-refractivity contribution in [3.05, 3.63) is 53.3 Å². The zero-order valence-electron chi connectivity index (χ0n) is 11.4. The first-order valence-electron chi connectivity index (χ1n) is 6.63. The number of nitrogens with one attached hydrogen (secondary N) is 1. The van der Waals surface area contributed by atoms with Crippen molar-refractivity contribution < 1.29 is 4.39 Å². The topological polar surface area (TPSA) is 12.0 Å². The van der Waals surface area contributed by atoms with Gasteiger partial charge in [-0.05, 0) is 90.9 Å². The third-order valence-electron chi connectivity index (χ3n) is 3.07. The lowest BCUT2D eigenvalue weighted by molar-refractivity contribution is 0.535. The van der Waals surface area contributed by atoms with Crippen LogP contribution in [0, 0.1) is 5.82 Å². The van der Waals surface area contributed by atoms with Gasteiger partial charge in [-0.25, -0.2) is 4.39 Å². The molecule has 0 aliphatic heterocycles. The van der Waals surface area contributed by atoms with Gasteiger partial charge in [0.15, 0.2) is 0 Å². The first kappa shape index (κ1) is 17.6. The van der Waals surface area contributed by atoms with Crippen LogP contribution in [0.5, 0.6) is 0 Å². The summed E-state index contributed by atoms with van der Waals surface area (Å²) in [6, 6.07) is 7.58. The Balaban J connectivity index is 2.21. The molecule has 1 aromatic heterocycles. The van der Waals surface area contributed by atoms with E-state index in [9.17, 15) is 4.39 Å². The number of halogens is 4. The van der Waals surface area contributed by atoms with Crippen molar-refractivity contribution in [1.82, 2.24) is 5.32 Å². The molecule has 1 nitrogen and oxygen atoms in total. The van der Waals surface area contributed by atoms with E-state index in [4.69, 9.17) is 0 Å². The van der Waals surface area contributed by atoms with E-state index < -0.39 is 0 Å². The molecule has 6 heteroatoms. The quantitative estimate of drug-likeness (QED) is 0.481. The molecule has 0 fully saturated rings. The van der Waals surface area contributed by atoms with Gasteiger partial charge in [-0.3, -0.25) is 0 Å². The molecule has 0 aliphatic carbocycles. The Bertz CT molecular complexity index is 595. The summed E-state index contributed by atoms with van der Waals surface area (Å²) in [4.78, 5) is 1.27. The zero-order valence-corrected chi connectivity index (χ0v) is 17.0. The normalized spacial score (nSPS) is 12.6. The molecule has 2 aromatic rings. The van der Waals surface area contributed by atoms with Gasteiger partial charge in [-0.1, -0.05) is 13.0 Å². The number of benzene rings is 1. The van der Waals surface area contributed by atoms with Crippen LogP contribution in [0.2, 0.25) is 0 Å². The molecule has 1 atom stereocenters. The van der Waals surface area contributed by atoms with Gasteiger partial charge in [-0.15, -0.1) is 11.3 Å². The second kappa shape index (κ2) is 8.20. The second-order valence-electron chi connectivity index (χ2n) is 4.73. The average molecular weight is 500 g/mol. The van der Waals surface area contributed by atoms with E-state index in [1.165, 1.54) is 10.9 Å². The molecule has 0 bridgehead atoms. The summed E-state index contributed by atoms with van der Waals surface area (Å²) < 4.78 is 16.0. The molecule has 1 aromatic carbocycles. The minimum Gasteiger partial charge on any atom is -0.309 e. The van der Waals surface area contributed by atoms with Crippen molar-refractivity contribution in [1.29, 1.82) is 0 Å². The van der Waals surface area contributed by atoms with E-state index >= 15 is 0 Å².